The van der Waals surface area contributed by atoms with Crippen LogP contribution >= 0.6 is 38.9 Å². The van der Waals surface area contributed by atoms with Crippen molar-refractivity contribution in [2.75, 3.05) is 11.9 Å². The van der Waals surface area contributed by atoms with Gasteiger partial charge in [-0.3, -0.25) is 4.79 Å². The number of rotatable bonds is 4. The molecule has 2 unspecified atom stereocenters. The molecule has 0 bridgehead atoms. The van der Waals surface area contributed by atoms with E-state index in [-0.39, 0.29) is 5.91 Å². The van der Waals surface area contributed by atoms with Crippen LogP contribution in [0.4, 0.5) is 0 Å². The summed E-state index contributed by atoms with van der Waals surface area (Å²) >= 11 is 10.9. The number of hydrogen-bond acceptors (Lipinski definition) is 2. The van der Waals surface area contributed by atoms with Gasteiger partial charge in [0.1, 0.15) is 4.88 Å². The first-order chi connectivity index (χ1) is 8.22. The lowest BCUT2D eigenvalue weighted by atomic mass is 9.98. The van der Waals surface area contributed by atoms with Crippen molar-refractivity contribution in [2.45, 2.75) is 19.3 Å². The second-order valence-corrected chi connectivity index (χ2v) is 6.38. The van der Waals surface area contributed by atoms with Gasteiger partial charge in [0.05, 0.1) is 5.02 Å². The summed E-state index contributed by atoms with van der Waals surface area (Å²) in [5, 5.41) is 6.43. The summed E-state index contributed by atoms with van der Waals surface area (Å²) in [7, 11) is 0. The number of thiophene rings is 1. The summed E-state index contributed by atoms with van der Waals surface area (Å²) in [6.45, 7) is 0.767. The fraction of sp³-hybridized carbons (Fsp3) is 0.583. The van der Waals surface area contributed by atoms with E-state index in [0.717, 1.165) is 11.9 Å². The molecule has 5 heteroatoms. The molecule has 1 aromatic rings. The number of amides is 1. The molecule has 1 aliphatic rings. The van der Waals surface area contributed by atoms with E-state index in [9.17, 15) is 4.79 Å². The Morgan fingerprint density at radius 3 is 2.94 bits per heavy atom. The highest BCUT2D eigenvalue weighted by Crippen LogP contribution is 2.32. The number of nitrogens with one attached hydrogen (secondary N) is 1. The van der Waals surface area contributed by atoms with Gasteiger partial charge in [-0.1, -0.05) is 34.0 Å². The van der Waals surface area contributed by atoms with Crippen molar-refractivity contribution in [3.05, 3.63) is 21.3 Å². The monoisotopic (exact) mass is 335 g/mol. The van der Waals surface area contributed by atoms with Crippen LogP contribution in [0.1, 0.15) is 28.9 Å². The number of halogens is 2. The van der Waals surface area contributed by atoms with Gasteiger partial charge in [-0.05, 0) is 36.1 Å². The van der Waals surface area contributed by atoms with Crippen LogP contribution in [0.15, 0.2) is 11.4 Å². The highest BCUT2D eigenvalue weighted by molar-refractivity contribution is 9.09. The molecule has 0 spiro atoms. The minimum absolute atomic E-state index is 0.0368. The molecule has 0 saturated heterocycles. The smallest absolute Gasteiger partial charge is 0.262 e. The fourth-order valence-electron chi connectivity index (χ4n) is 2.35. The molecular weight excluding hydrogens is 322 g/mol. The van der Waals surface area contributed by atoms with E-state index in [4.69, 9.17) is 11.6 Å². The molecule has 2 nitrogen and oxygen atoms in total. The zero-order chi connectivity index (χ0) is 12.3. The average Bonchev–Trinajstić information content (AvgIpc) is 2.94. The average molecular weight is 337 g/mol. The van der Waals surface area contributed by atoms with Crippen molar-refractivity contribution in [3.63, 3.8) is 0 Å². The van der Waals surface area contributed by atoms with Crippen molar-refractivity contribution in [2.24, 2.45) is 11.8 Å². The highest BCUT2D eigenvalue weighted by atomic mass is 79.9. The molecule has 1 fully saturated rings. The lowest BCUT2D eigenvalue weighted by Gasteiger charge is -2.17. The lowest BCUT2D eigenvalue weighted by Crippen LogP contribution is -2.30. The Morgan fingerprint density at radius 1 is 1.53 bits per heavy atom. The molecule has 1 saturated carbocycles. The van der Waals surface area contributed by atoms with Gasteiger partial charge in [0.15, 0.2) is 0 Å². The maximum atomic E-state index is 11.9. The highest BCUT2D eigenvalue weighted by Gasteiger charge is 2.26. The largest absolute Gasteiger partial charge is 0.351 e. The molecule has 0 aliphatic heterocycles. The quantitative estimate of drug-likeness (QED) is 0.829. The van der Waals surface area contributed by atoms with Gasteiger partial charge >= 0.3 is 0 Å². The predicted molar refractivity (Wildman–Crippen MR) is 76.3 cm³/mol. The molecule has 1 heterocycles. The van der Waals surface area contributed by atoms with Crippen molar-refractivity contribution in [1.29, 1.82) is 0 Å². The second-order valence-electron chi connectivity index (χ2n) is 4.41. The van der Waals surface area contributed by atoms with Gasteiger partial charge in [-0.15, -0.1) is 11.3 Å². The Kier molecular flexibility index (Phi) is 4.88. The topological polar surface area (TPSA) is 29.1 Å². The molecule has 1 N–H and O–H groups in total. The van der Waals surface area contributed by atoms with E-state index in [2.05, 4.69) is 21.2 Å². The number of hydrogen-bond donors (Lipinski definition) is 1. The molecule has 2 rings (SSSR count). The summed E-state index contributed by atoms with van der Waals surface area (Å²) in [4.78, 5) is 12.5. The first-order valence-electron chi connectivity index (χ1n) is 5.79. The maximum absolute atomic E-state index is 11.9. The van der Waals surface area contributed by atoms with Crippen molar-refractivity contribution in [3.8, 4) is 0 Å². The van der Waals surface area contributed by atoms with Crippen LogP contribution in [0.25, 0.3) is 0 Å². The van der Waals surface area contributed by atoms with E-state index in [0.29, 0.717) is 21.7 Å². The number of carbonyl (C=O) groups excluding carboxylic acids is 1. The SMILES string of the molecule is O=C(NCC1CCCC1CBr)c1sccc1Cl. The van der Waals surface area contributed by atoms with E-state index < -0.39 is 0 Å². The molecule has 0 aromatic carbocycles. The van der Waals surface area contributed by atoms with Crippen LogP contribution in [0, 0.1) is 11.8 Å². The Hall–Kier alpha value is -0.0600. The van der Waals surface area contributed by atoms with Crippen molar-refractivity contribution in [1.82, 2.24) is 5.32 Å². The zero-order valence-corrected chi connectivity index (χ0v) is 12.6. The Bertz CT molecular complexity index is 396. The van der Waals surface area contributed by atoms with Gasteiger partial charge in [-0.2, -0.15) is 0 Å². The van der Waals surface area contributed by atoms with Crippen molar-refractivity contribution < 1.29 is 4.79 Å². The Morgan fingerprint density at radius 2 is 2.29 bits per heavy atom. The molecular formula is C12H15BrClNOS. The maximum Gasteiger partial charge on any atom is 0.262 e. The van der Waals surface area contributed by atoms with Gasteiger partial charge in [0.2, 0.25) is 0 Å². The minimum atomic E-state index is -0.0368. The van der Waals surface area contributed by atoms with Gasteiger partial charge in [0, 0.05) is 11.9 Å². The normalized spacial score (nSPS) is 23.9. The van der Waals surface area contributed by atoms with Crippen LogP contribution in [-0.2, 0) is 0 Å². The first kappa shape index (κ1) is 13.4. The third-order valence-electron chi connectivity index (χ3n) is 3.36. The minimum Gasteiger partial charge on any atom is -0.351 e. The standard InChI is InChI=1S/C12H15BrClNOS/c13-6-8-2-1-3-9(8)7-15-12(16)11-10(14)4-5-17-11/h4-5,8-9H,1-3,6-7H2,(H,15,16). The third kappa shape index (κ3) is 3.24. The molecule has 17 heavy (non-hydrogen) atoms. The van der Waals surface area contributed by atoms with E-state index in [1.807, 2.05) is 5.38 Å². The summed E-state index contributed by atoms with van der Waals surface area (Å²) in [6.07, 6.45) is 3.76. The van der Waals surface area contributed by atoms with Crippen LogP contribution in [0.3, 0.4) is 0 Å². The van der Waals surface area contributed by atoms with Gasteiger partial charge < -0.3 is 5.32 Å². The first-order valence-corrected chi connectivity index (χ1v) is 8.17. The molecule has 94 valence electrons. The molecule has 0 radical (unpaired) electrons. The molecule has 1 amide bonds. The zero-order valence-electron chi connectivity index (χ0n) is 9.42. The third-order valence-corrected chi connectivity index (χ3v) is 5.53. The fourth-order valence-corrected chi connectivity index (χ4v) is 4.25. The van der Waals surface area contributed by atoms with E-state index in [1.165, 1.54) is 30.6 Å². The molecule has 2 atom stereocenters. The summed E-state index contributed by atoms with van der Waals surface area (Å²) in [6, 6.07) is 1.76. The van der Waals surface area contributed by atoms with Gasteiger partial charge in [-0.25, -0.2) is 0 Å². The van der Waals surface area contributed by atoms with E-state index in [1.54, 1.807) is 6.07 Å². The van der Waals surface area contributed by atoms with Crippen molar-refractivity contribution >= 4 is 44.8 Å². The summed E-state index contributed by atoms with van der Waals surface area (Å²) < 4.78 is 0. The van der Waals surface area contributed by atoms with Crippen LogP contribution in [0.5, 0.6) is 0 Å². The number of carbonyl (C=O) groups is 1. The predicted octanol–water partition coefficient (Wildman–Crippen LogP) is 3.94. The Labute approximate surface area is 119 Å². The van der Waals surface area contributed by atoms with Crippen LogP contribution in [-0.4, -0.2) is 17.8 Å². The molecule has 1 aliphatic carbocycles. The van der Waals surface area contributed by atoms with E-state index >= 15 is 0 Å². The van der Waals surface area contributed by atoms with Gasteiger partial charge in [0.25, 0.3) is 5.91 Å². The van der Waals surface area contributed by atoms with Crippen LogP contribution in [0.2, 0.25) is 5.02 Å². The van der Waals surface area contributed by atoms with Crippen LogP contribution < -0.4 is 5.32 Å². The molecule has 1 aromatic heterocycles. The number of alkyl halides is 1. The summed E-state index contributed by atoms with van der Waals surface area (Å²) in [5.74, 6) is 1.27. The second kappa shape index (κ2) is 6.21. The lowest BCUT2D eigenvalue weighted by molar-refractivity contribution is 0.0949. The summed E-state index contributed by atoms with van der Waals surface area (Å²) in [5.41, 5.74) is 0. The Balaban J connectivity index is 1.86.